The molecule has 0 aliphatic rings. The number of hydrogen-bond acceptors (Lipinski definition) is 6. The maximum absolute atomic E-state index is 12.2. The molecule has 0 saturated carbocycles. The van der Waals surface area contributed by atoms with Crippen LogP contribution in [0.1, 0.15) is 65.4 Å². The van der Waals surface area contributed by atoms with Crippen molar-refractivity contribution in [3.8, 4) is 11.5 Å². The van der Waals surface area contributed by atoms with Gasteiger partial charge in [-0.2, -0.15) is 0 Å². The van der Waals surface area contributed by atoms with Crippen LogP contribution in [0.15, 0.2) is 18.2 Å². The molecule has 0 aliphatic heterocycles. The third kappa shape index (κ3) is 11.7. The molecule has 198 valence electrons. The smallest absolute Gasteiger partial charge is 0.222 e. The molecule has 1 aromatic carbocycles. The number of carbonyl (C=O) groups is 1. The van der Waals surface area contributed by atoms with Gasteiger partial charge in [-0.05, 0) is 55.2 Å². The molecule has 8 heteroatoms. The Labute approximate surface area is 212 Å². The van der Waals surface area contributed by atoms with Crippen LogP contribution in [-0.4, -0.2) is 55.1 Å². The Bertz CT molecular complexity index is 689. The van der Waals surface area contributed by atoms with E-state index in [1.165, 1.54) is 0 Å². The lowest BCUT2D eigenvalue weighted by Gasteiger charge is -2.28. The van der Waals surface area contributed by atoms with E-state index < -0.39 is 12.1 Å². The predicted molar refractivity (Wildman–Crippen MR) is 140 cm³/mol. The Balaban J connectivity index is 0.0000109. The van der Waals surface area contributed by atoms with Crippen LogP contribution in [-0.2, 0) is 11.2 Å². The number of unbranched alkanes of at least 4 members (excludes halogenated alkanes) is 1. The Hall–Kier alpha value is -1.54. The molecule has 0 heterocycles. The van der Waals surface area contributed by atoms with Gasteiger partial charge in [0.05, 0.1) is 19.8 Å². The van der Waals surface area contributed by atoms with Crippen molar-refractivity contribution >= 4 is 18.3 Å². The minimum absolute atomic E-state index is 0. The first-order valence-corrected chi connectivity index (χ1v) is 12.3. The van der Waals surface area contributed by atoms with Gasteiger partial charge >= 0.3 is 0 Å². The first-order chi connectivity index (χ1) is 15.7. The van der Waals surface area contributed by atoms with Crippen molar-refractivity contribution in [3.05, 3.63) is 23.8 Å². The van der Waals surface area contributed by atoms with E-state index in [1.807, 2.05) is 25.1 Å². The highest BCUT2D eigenvalue weighted by atomic mass is 35.5. The summed E-state index contributed by atoms with van der Waals surface area (Å²) in [5.74, 6) is 1.66. The van der Waals surface area contributed by atoms with Crippen molar-refractivity contribution in [1.29, 1.82) is 0 Å². The number of carbonyl (C=O) groups excluding carboxylic acids is 1. The molecule has 0 aromatic heterocycles. The Morgan fingerprint density at radius 3 is 2.44 bits per heavy atom. The molecule has 0 unspecified atom stereocenters. The molecule has 0 fully saturated rings. The number of amides is 1. The van der Waals surface area contributed by atoms with Crippen LogP contribution in [0.3, 0.4) is 0 Å². The lowest BCUT2D eigenvalue weighted by molar-refractivity contribution is -0.125. The molecule has 34 heavy (non-hydrogen) atoms. The molecule has 1 aromatic rings. The molecule has 0 aliphatic carbocycles. The van der Waals surface area contributed by atoms with Gasteiger partial charge in [-0.3, -0.25) is 4.79 Å². The van der Waals surface area contributed by atoms with E-state index in [-0.39, 0.29) is 36.8 Å². The second kappa shape index (κ2) is 17.8. The molecular weight excluding hydrogens is 456 g/mol. The van der Waals surface area contributed by atoms with Crippen LogP contribution in [0.4, 0.5) is 0 Å². The lowest BCUT2D eigenvalue weighted by atomic mass is 9.82. The Morgan fingerprint density at radius 2 is 1.85 bits per heavy atom. The second-order valence-electron chi connectivity index (χ2n) is 9.37. The molecule has 1 amide bonds. The highest BCUT2D eigenvalue weighted by Crippen LogP contribution is 2.31. The normalized spacial score (nSPS) is 14.6. The second-order valence-corrected chi connectivity index (χ2v) is 9.37. The van der Waals surface area contributed by atoms with Gasteiger partial charge in [0.15, 0.2) is 11.5 Å². The minimum Gasteiger partial charge on any atom is -0.493 e. The summed E-state index contributed by atoms with van der Waals surface area (Å²) in [4.78, 5) is 12.2. The summed E-state index contributed by atoms with van der Waals surface area (Å²) in [6, 6.07) is 5.50. The zero-order chi connectivity index (χ0) is 24.8. The number of aliphatic hydroxyl groups excluding tert-OH is 2. The number of nitrogens with two attached hydrogens (primary N) is 1. The Kier molecular flexibility index (Phi) is 17.0. The molecular formula is C26H47ClN2O5. The van der Waals surface area contributed by atoms with E-state index in [2.05, 4.69) is 26.1 Å². The number of rotatable bonds is 17. The zero-order valence-corrected chi connectivity index (χ0v) is 22.4. The fourth-order valence-corrected chi connectivity index (χ4v) is 3.81. The maximum Gasteiger partial charge on any atom is 0.222 e. The summed E-state index contributed by atoms with van der Waals surface area (Å²) in [5.41, 5.74) is 7.50. The maximum atomic E-state index is 12.2. The SMILES string of the molecule is CCCCNC(=O)[C@H](C)C[C@H](O)[C@@H](N)C[C@H](Cc1ccc(OC)c(OCCCO)c1)C(C)C.Cl. The summed E-state index contributed by atoms with van der Waals surface area (Å²) in [6.45, 7) is 9.42. The van der Waals surface area contributed by atoms with Gasteiger partial charge in [0.25, 0.3) is 0 Å². The highest BCUT2D eigenvalue weighted by Gasteiger charge is 2.26. The Morgan fingerprint density at radius 1 is 1.15 bits per heavy atom. The van der Waals surface area contributed by atoms with Gasteiger partial charge in [-0.25, -0.2) is 0 Å². The first kappa shape index (κ1) is 32.5. The third-order valence-electron chi connectivity index (χ3n) is 6.17. The summed E-state index contributed by atoms with van der Waals surface area (Å²) in [5, 5.41) is 22.6. The average molecular weight is 503 g/mol. The van der Waals surface area contributed by atoms with Crippen molar-refractivity contribution in [2.24, 2.45) is 23.5 Å². The zero-order valence-electron chi connectivity index (χ0n) is 21.6. The van der Waals surface area contributed by atoms with E-state index in [0.29, 0.717) is 49.8 Å². The van der Waals surface area contributed by atoms with Gasteiger partial charge in [0.2, 0.25) is 5.91 Å². The monoisotopic (exact) mass is 502 g/mol. The number of halogens is 1. The molecule has 0 radical (unpaired) electrons. The molecule has 4 atom stereocenters. The standard InChI is InChI=1S/C26H46N2O5.ClH/c1-6-7-11-28-26(31)19(4)14-23(30)22(27)17-21(18(2)3)15-20-9-10-24(32-5)25(16-20)33-13-8-12-29;/h9-10,16,18-19,21-23,29-30H,6-8,11-15,17,27H2,1-5H3,(H,28,31);1H/t19-,21+,22+,23+;/m1./s1. The summed E-state index contributed by atoms with van der Waals surface area (Å²) >= 11 is 0. The molecule has 5 N–H and O–H groups in total. The van der Waals surface area contributed by atoms with Crippen molar-refractivity contribution in [2.75, 3.05) is 26.9 Å². The lowest BCUT2D eigenvalue weighted by Crippen LogP contribution is -2.41. The number of nitrogens with one attached hydrogen (secondary N) is 1. The number of ether oxygens (including phenoxy) is 2. The van der Waals surface area contributed by atoms with Crippen LogP contribution < -0.4 is 20.5 Å². The fourth-order valence-electron chi connectivity index (χ4n) is 3.81. The van der Waals surface area contributed by atoms with Crippen molar-refractivity contribution in [2.45, 2.75) is 78.4 Å². The summed E-state index contributed by atoms with van der Waals surface area (Å²) < 4.78 is 11.2. The number of hydrogen-bond donors (Lipinski definition) is 4. The van der Waals surface area contributed by atoms with Crippen LogP contribution >= 0.6 is 12.4 Å². The van der Waals surface area contributed by atoms with Crippen LogP contribution in [0.5, 0.6) is 11.5 Å². The number of benzene rings is 1. The topological polar surface area (TPSA) is 114 Å². The van der Waals surface area contributed by atoms with E-state index in [4.69, 9.17) is 20.3 Å². The van der Waals surface area contributed by atoms with Crippen LogP contribution in [0.2, 0.25) is 0 Å². The average Bonchev–Trinajstić information content (AvgIpc) is 2.78. The van der Waals surface area contributed by atoms with E-state index in [0.717, 1.165) is 24.8 Å². The van der Waals surface area contributed by atoms with E-state index >= 15 is 0 Å². The quantitative estimate of drug-likeness (QED) is 0.241. The molecule has 0 spiro atoms. The van der Waals surface area contributed by atoms with Crippen molar-refractivity contribution in [1.82, 2.24) is 5.32 Å². The largest absolute Gasteiger partial charge is 0.493 e. The number of aliphatic hydroxyl groups is 2. The van der Waals surface area contributed by atoms with E-state index in [1.54, 1.807) is 7.11 Å². The third-order valence-corrected chi connectivity index (χ3v) is 6.17. The van der Waals surface area contributed by atoms with Gasteiger partial charge in [0.1, 0.15) is 0 Å². The predicted octanol–water partition coefficient (Wildman–Crippen LogP) is 3.71. The summed E-state index contributed by atoms with van der Waals surface area (Å²) in [7, 11) is 1.61. The highest BCUT2D eigenvalue weighted by molar-refractivity contribution is 5.85. The van der Waals surface area contributed by atoms with Gasteiger partial charge in [-0.15, -0.1) is 12.4 Å². The minimum atomic E-state index is -0.730. The van der Waals surface area contributed by atoms with Gasteiger partial charge in [0, 0.05) is 31.5 Å². The van der Waals surface area contributed by atoms with Gasteiger partial charge < -0.3 is 30.7 Å². The van der Waals surface area contributed by atoms with Gasteiger partial charge in [-0.1, -0.05) is 40.2 Å². The van der Waals surface area contributed by atoms with Crippen molar-refractivity contribution < 1.29 is 24.5 Å². The number of methoxy groups -OCH3 is 1. The first-order valence-electron chi connectivity index (χ1n) is 12.3. The fraction of sp³-hybridized carbons (Fsp3) is 0.731. The summed E-state index contributed by atoms with van der Waals surface area (Å²) in [6.07, 6.45) is 3.63. The molecule has 0 bridgehead atoms. The van der Waals surface area contributed by atoms with Crippen LogP contribution in [0, 0.1) is 17.8 Å². The van der Waals surface area contributed by atoms with Crippen LogP contribution in [0.25, 0.3) is 0 Å². The van der Waals surface area contributed by atoms with E-state index in [9.17, 15) is 9.90 Å². The molecule has 1 rings (SSSR count). The molecule has 7 nitrogen and oxygen atoms in total. The van der Waals surface area contributed by atoms with Crippen molar-refractivity contribution in [3.63, 3.8) is 0 Å². The molecule has 0 saturated heterocycles.